The van der Waals surface area contributed by atoms with E-state index in [4.69, 9.17) is 9.11 Å². The SMILES string of the molecule is CC(=O)NCc1ccccc1.CC(=O)NCc1ccccc1.O=S(=O)(O)CS(=O)(=O)O. The Morgan fingerprint density at radius 1 is 0.677 bits per heavy atom. The van der Waals surface area contributed by atoms with E-state index in [1.54, 1.807) is 0 Å². The lowest BCUT2D eigenvalue weighted by Gasteiger charge is -2.00. The van der Waals surface area contributed by atoms with Crippen LogP contribution in [0.1, 0.15) is 25.0 Å². The minimum Gasteiger partial charge on any atom is -0.352 e. The summed E-state index contributed by atoms with van der Waals surface area (Å²) in [5.41, 5.74) is 2.26. The zero-order valence-electron chi connectivity index (χ0n) is 17.1. The van der Waals surface area contributed by atoms with Crippen LogP contribution in [0.2, 0.25) is 0 Å². The van der Waals surface area contributed by atoms with Crippen LogP contribution in [-0.4, -0.2) is 42.8 Å². The van der Waals surface area contributed by atoms with Gasteiger partial charge in [-0.05, 0) is 11.1 Å². The highest BCUT2D eigenvalue weighted by Gasteiger charge is 2.15. The normalized spacial score (nSPS) is 10.5. The second kappa shape index (κ2) is 14.2. The molecule has 0 fully saturated rings. The predicted molar refractivity (Wildman–Crippen MR) is 116 cm³/mol. The van der Waals surface area contributed by atoms with Gasteiger partial charge in [-0.25, -0.2) is 0 Å². The minimum atomic E-state index is -4.62. The summed E-state index contributed by atoms with van der Waals surface area (Å²) in [5, 5.41) is 3.79. The first-order valence-corrected chi connectivity index (χ1v) is 12.0. The molecule has 0 aliphatic heterocycles. The van der Waals surface area contributed by atoms with Crippen molar-refractivity contribution in [2.75, 3.05) is 5.08 Å². The van der Waals surface area contributed by atoms with E-state index < -0.39 is 25.3 Å². The van der Waals surface area contributed by atoms with Crippen molar-refractivity contribution in [3.05, 3.63) is 71.8 Å². The van der Waals surface area contributed by atoms with Crippen molar-refractivity contribution in [2.45, 2.75) is 26.9 Å². The third-order valence-corrected chi connectivity index (χ3v) is 5.45. The van der Waals surface area contributed by atoms with Crippen molar-refractivity contribution in [3.63, 3.8) is 0 Å². The maximum Gasteiger partial charge on any atom is 0.281 e. The van der Waals surface area contributed by atoms with E-state index in [9.17, 15) is 26.4 Å². The van der Waals surface area contributed by atoms with Crippen molar-refractivity contribution < 1.29 is 35.5 Å². The highest BCUT2D eigenvalue weighted by molar-refractivity contribution is 8.02. The van der Waals surface area contributed by atoms with Gasteiger partial charge in [-0.1, -0.05) is 60.7 Å². The highest BCUT2D eigenvalue weighted by atomic mass is 32.3. The van der Waals surface area contributed by atoms with E-state index in [-0.39, 0.29) is 11.8 Å². The average molecular weight is 475 g/mol. The lowest BCUT2D eigenvalue weighted by atomic mass is 10.2. The van der Waals surface area contributed by atoms with Crippen LogP contribution in [-0.2, 0) is 42.9 Å². The summed E-state index contributed by atoms with van der Waals surface area (Å²) in [6.07, 6.45) is 0. The van der Waals surface area contributed by atoms with Crippen LogP contribution < -0.4 is 10.6 Å². The zero-order chi connectivity index (χ0) is 23.9. The van der Waals surface area contributed by atoms with Crippen LogP contribution in [0, 0.1) is 0 Å². The van der Waals surface area contributed by atoms with Gasteiger partial charge in [0.1, 0.15) is 0 Å². The van der Waals surface area contributed by atoms with E-state index in [2.05, 4.69) is 10.6 Å². The van der Waals surface area contributed by atoms with Crippen LogP contribution in [0.3, 0.4) is 0 Å². The monoisotopic (exact) mass is 474 g/mol. The van der Waals surface area contributed by atoms with Gasteiger partial charge in [0.2, 0.25) is 16.9 Å². The second-order valence-corrected chi connectivity index (χ2v) is 9.34. The predicted octanol–water partition coefficient (Wildman–Crippen LogP) is 1.36. The van der Waals surface area contributed by atoms with E-state index >= 15 is 0 Å². The molecule has 0 bridgehead atoms. The molecule has 0 radical (unpaired) electrons. The van der Waals surface area contributed by atoms with Gasteiger partial charge in [0, 0.05) is 26.9 Å². The lowest BCUT2D eigenvalue weighted by Crippen LogP contribution is -2.18. The first-order valence-electron chi connectivity index (χ1n) is 8.75. The molecule has 0 spiro atoms. The quantitative estimate of drug-likeness (QED) is 0.455. The molecule has 4 N–H and O–H groups in total. The van der Waals surface area contributed by atoms with Crippen LogP contribution in [0.25, 0.3) is 0 Å². The van der Waals surface area contributed by atoms with Gasteiger partial charge in [0.15, 0.2) is 0 Å². The van der Waals surface area contributed by atoms with Gasteiger partial charge < -0.3 is 10.6 Å². The summed E-state index contributed by atoms with van der Waals surface area (Å²) in [6, 6.07) is 19.7. The molecule has 0 aliphatic rings. The maximum absolute atomic E-state index is 10.5. The summed E-state index contributed by atoms with van der Waals surface area (Å²) >= 11 is 0. The minimum absolute atomic E-state index is 0.00820. The maximum atomic E-state index is 10.5. The lowest BCUT2D eigenvalue weighted by molar-refractivity contribution is -0.120. The Kier molecular flexibility index (Phi) is 13.0. The molecule has 0 atom stereocenters. The zero-order valence-corrected chi connectivity index (χ0v) is 18.7. The first kappa shape index (κ1) is 28.2. The van der Waals surface area contributed by atoms with Crippen LogP contribution in [0.5, 0.6) is 0 Å². The molecule has 0 aliphatic carbocycles. The van der Waals surface area contributed by atoms with Gasteiger partial charge >= 0.3 is 0 Å². The Balaban J connectivity index is 0.000000439. The summed E-state index contributed by atoms with van der Waals surface area (Å²) < 4.78 is 54.2. The Labute approximate surface area is 182 Å². The Morgan fingerprint density at radius 3 is 1.16 bits per heavy atom. The van der Waals surface area contributed by atoms with E-state index in [0.29, 0.717) is 13.1 Å². The van der Waals surface area contributed by atoms with E-state index in [1.165, 1.54) is 13.8 Å². The molecule has 0 saturated carbocycles. The number of amides is 2. The highest BCUT2D eigenvalue weighted by Crippen LogP contribution is 1.97. The molecule has 172 valence electrons. The molecule has 12 heteroatoms. The molecule has 0 saturated heterocycles. The Bertz CT molecular complexity index is 926. The third kappa shape index (κ3) is 20.3. The van der Waals surface area contributed by atoms with E-state index in [1.807, 2.05) is 60.7 Å². The third-order valence-electron chi connectivity index (χ3n) is 3.07. The molecule has 0 aromatic heterocycles. The van der Waals surface area contributed by atoms with Gasteiger partial charge in [-0.2, -0.15) is 16.8 Å². The Morgan fingerprint density at radius 2 is 0.968 bits per heavy atom. The first-order chi connectivity index (χ1) is 14.3. The number of carbonyl (C=O) groups excluding carboxylic acids is 2. The molecule has 2 aromatic rings. The summed E-state index contributed by atoms with van der Waals surface area (Å²) in [7, 11) is -9.24. The smallest absolute Gasteiger partial charge is 0.281 e. The molecule has 0 heterocycles. The molecular weight excluding hydrogens is 448 g/mol. The molecule has 10 nitrogen and oxygen atoms in total. The molecule has 31 heavy (non-hydrogen) atoms. The number of rotatable bonds is 6. The second-order valence-electron chi connectivity index (χ2n) is 6.07. The number of hydrogen-bond acceptors (Lipinski definition) is 6. The van der Waals surface area contributed by atoms with Crippen LogP contribution in [0.4, 0.5) is 0 Å². The summed E-state index contributed by atoms with van der Waals surface area (Å²) in [6.45, 7) is 4.28. The van der Waals surface area contributed by atoms with Crippen molar-refractivity contribution in [2.24, 2.45) is 0 Å². The molecule has 2 amide bonds. The van der Waals surface area contributed by atoms with Gasteiger partial charge in [0.05, 0.1) is 0 Å². The van der Waals surface area contributed by atoms with Gasteiger partial charge in [-0.3, -0.25) is 18.7 Å². The van der Waals surface area contributed by atoms with Gasteiger partial charge in [-0.15, -0.1) is 0 Å². The number of nitrogens with one attached hydrogen (secondary N) is 2. The fraction of sp³-hybridized carbons (Fsp3) is 0.263. The van der Waals surface area contributed by atoms with Crippen molar-refractivity contribution in [1.29, 1.82) is 0 Å². The fourth-order valence-corrected chi connectivity index (χ4v) is 3.34. The number of carbonyl (C=O) groups is 2. The van der Waals surface area contributed by atoms with Crippen LogP contribution in [0.15, 0.2) is 60.7 Å². The van der Waals surface area contributed by atoms with E-state index in [0.717, 1.165) is 11.1 Å². The molecule has 2 rings (SSSR count). The van der Waals surface area contributed by atoms with Crippen molar-refractivity contribution in [3.8, 4) is 0 Å². The molecular formula is C19H26N2O8S2. The summed E-state index contributed by atoms with van der Waals surface area (Å²) in [5.74, 6) is 0.0164. The van der Waals surface area contributed by atoms with Crippen LogP contribution >= 0.6 is 0 Å². The molecule has 2 aromatic carbocycles. The average Bonchev–Trinajstić information content (AvgIpc) is 2.64. The molecule has 0 unspecified atom stereocenters. The fourth-order valence-electron chi connectivity index (χ4n) is 1.83. The number of hydrogen-bond donors (Lipinski definition) is 4. The standard InChI is InChI=1S/2C9H11NO.CH4O6S2/c2*1-8(11)10-7-9-5-3-2-4-6-9;2-8(3,4)1-9(5,6)7/h2*2-6H,7H2,1H3,(H,10,11);1H2,(H,2,3,4)(H,5,6,7). The summed E-state index contributed by atoms with van der Waals surface area (Å²) in [4.78, 5) is 21.0. The topological polar surface area (TPSA) is 167 Å². The number of benzene rings is 2. The van der Waals surface area contributed by atoms with Crippen molar-refractivity contribution >= 4 is 32.1 Å². The Hall–Kier alpha value is -2.80. The van der Waals surface area contributed by atoms with Gasteiger partial charge in [0.25, 0.3) is 20.2 Å². The largest absolute Gasteiger partial charge is 0.352 e. The van der Waals surface area contributed by atoms with Crippen molar-refractivity contribution in [1.82, 2.24) is 10.6 Å².